The Morgan fingerprint density at radius 2 is 2.22 bits per heavy atom. The van der Waals surface area contributed by atoms with Crippen LogP contribution in [0.2, 0.25) is 0 Å². The molecule has 0 saturated carbocycles. The molecule has 0 amide bonds. The molecule has 1 N–H and O–H groups in total. The molecule has 1 heterocycles. The molecule has 2 nitrogen and oxygen atoms in total. The average Bonchev–Trinajstić information content (AvgIpc) is 2.64. The second-order valence-electron chi connectivity index (χ2n) is 2.00. The van der Waals surface area contributed by atoms with E-state index >= 15 is 0 Å². The molecule has 0 aliphatic carbocycles. The van der Waals surface area contributed by atoms with Crippen molar-refractivity contribution in [2.45, 2.75) is 0 Å². The lowest BCUT2D eigenvalue weighted by Gasteiger charge is -1.76. The van der Waals surface area contributed by atoms with Crippen molar-refractivity contribution < 1.29 is 0 Å². The van der Waals surface area contributed by atoms with E-state index in [1.54, 1.807) is 6.07 Å². The van der Waals surface area contributed by atoms with Crippen molar-refractivity contribution in [2.24, 2.45) is 0 Å². The van der Waals surface area contributed by atoms with Gasteiger partial charge in [0.2, 0.25) is 0 Å². The molecule has 0 saturated heterocycles. The van der Waals surface area contributed by atoms with Crippen molar-refractivity contribution in [1.82, 2.24) is 0 Å². The lowest BCUT2D eigenvalue weighted by molar-refractivity contribution is 1.50. The van der Waals surface area contributed by atoms with Crippen molar-refractivity contribution >= 4 is 11.4 Å². The van der Waals surface area contributed by atoms with Gasteiger partial charge in [0.25, 0.3) is 0 Å². The minimum Gasteiger partial charge on any atom is -0.352 e. The molecule has 2 heteroatoms. The first-order valence-corrected chi connectivity index (χ1v) is 2.71. The highest BCUT2D eigenvalue weighted by atomic mass is 15.0. The first-order valence-electron chi connectivity index (χ1n) is 2.71. The van der Waals surface area contributed by atoms with E-state index in [1.165, 1.54) is 0 Å². The fourth-order valence-corrected chi connectivity index (χ4v) is 0.805. The second-order valence-corrected chi connectivity index (χ2v) is 2.00. The minimum absolute atomic E-state index is 0.721. The fraction of sp³-hybridized carbons (Fsp3) is 0. The Balaban J connectivity index is 2.59. The van der Waals surface area contributed by atoms with Gasteiger partial charge < -0.3 is 5.32 Å². The molecule has 1 aliphatic rings. The Hall–Kier alpha value is -1.49. The number of benzene rings is 1. The zero-order chi connectivity index (χ0) is 6.27. The van der Waals surface area contributed by atoms with Crippen LogP contribution in [0.1, 0.15) is 5.56 Å². The van der Waals surface area contributed by atoms with E-state index in [1.807, 2.05) is 12.1 Å². The van der Waals surface area contributed by atoms with Crippen molar-refractivity contribution in [2.75, 3.05) is 5.32 Å². The van der Waals surface area contributed by atoms with Crippen LogP contribution in [0.25, 0.3) is 0 Å². The van der Waals surface area contributed by atoms with Crippen LogP contribution in [0.4, 0.5) is 11.4 Å². The molecule has 0 atom stereocenters. The molecule has 0 spiro atoms. The van der Waals surface area contributed by atoms with Gasteiger partial charge in [-0.1, -0.05) is 0 Å². The number of hydrogen-bond acceptors (Lipinski definition) is 2. The number of nitriles is 1. The zero-order valence-electron chi connectivity index (χ0n) is 4.68. The molecule has 0 aromatic heterocycles. The van der Waals surface area contributed by atoms with Gasteiger partial charge in [0, 0.05) is 0 Å². The van der Waals surface area contributed by atoms with E-state index in [9.17, 15) is 0 Å². The standard InChI is InChI=1S/C7H4N2/c8-4-5-1-2-6-7(3-5)9-6/h1-3,9H. The highest BCUT2D eigenvalue weighted by Gasteiger charge is 2.14. The summed E-state index contributed by atoms with van der Waals surface area (Å²) in [6, 6.07) is 7.62. The summed E-state index contributed by atoms with van der Waals surface area (Å²) in [6.07, 6.45) is 0. The van der Waals surface area contributed by atoms with Gasteiger partial charge in [-0.2, -0.15) is 5.26 Å². The molecule has 1 aromatic rings. The molecular formula is C7H4N2. The third kappa shape index (κ3) is 0.550. The van der Waals surface area contributed by atoms with E-state index in [2.05, 4.69) is 11.4 Å². The van der Waals surface area contributed by atoms with Crippen LogP contribution < -0.4 is 5.32 Å². The summed E-state index contributed by atoms with van der Waals surface area (Å²) in [4.78, 5) is 0. The normalized spacial score (nSPS) is 11.0. The Bertz CT molecular complexity index is 296. The van der Waals surface area contributed by atoms with Crippen molar-refractivity contribution in [1.29, 1.82) is 5.26 Å². The van der Waals surface area contributed by atoms with E-state index in [0.717, 1.165) is 16.9 Å². The van der Waals surface area contributed by atoms with E-state index in [-0.39, 0.29) is 0 Å². The summed E-state index contributed by atoms with van der Waals surface area (Å²) in [5, 5.41) is 11.4. The molecule has 9 heavy (non-hydrogen) atoms. The number of anilines is 2. The Labute approximate surface area is 52.7 Å². The van der Waals surface area contributed by atoms with Crippen LogP contribution in [0.5, 0.6) is 0 Å². The molecule has 1 aromatic carbocycles. The highest BCUT2D eigenvalue weighted by Crippen LogP contribution is 2.38. The Morgan fingerprint density at radius 3 is 2.89 bits per heavy atom. The summed E-state index contributed by atoms with van der Waals surface area (Å²) in [7, 11) is 0. The van der Waals surface area contributed by atoms with Gasteiger partial charge in [-0.05, 0) is 18.2 Å². The number of rotatable bonds is 0. The van der Waals surface area contributed by atoms with Gasteiger partial charge in [-0.15, -0.1) is 0 Å². The molecule has 1 aliphatic heterocycles. The molecule has 0 radical (unpaired) electrons. The predicted octanol–water partition coefficient (Wildman–Crippen LogP) is 1.62. The van der Waals surface area contributed by atoms with Crippen LogP contribution in [0.3, 0.4) is 0 Å². The number of nitrogens with one attached hydrogen (secondary N) is 1. The maximum Gasteiger partial charge on any atom is 0.0992 e. The van der Waals surface area contributed by atoms with Crippen LogP contribution >= 0.6 is 0 Å². The smallest absolute Gasteiger partial charge is 0.0992 e. The Morgan fingerprint density at radius 1 is 1.33 bits per heavy atom. The van der Waals surface area contributed by atoms with Gasteiger partial charge in [0.15, 0.2) is 0 Å². The van der Waals surface area contributed by atoms with E-state index in [0.29, 0.717) is 0 Å². The lowest BCUT2D eigenvalue weighted by Crippen LogP contribution is -1.63. The summed E-state index contributed by atoms with van der Waals surface area (Å²) in [5.74, 6) is 0. The Kier molecular flexibility index (Phi) is 0.617. The third-order valence-corrected chi connectivity index (χ3v) is 1.36. The summed E-state index contributed by atoms with van der Waals surface area (Å²) in [6.45, 7) is 0. The molecule has 2 rings (SSSR count). The second kappa shape index (κ2) is 1.26. The maximum atomic E-state index is 8.41. The summed E-state index contributed by atoms with van der Waals surface area (Å²) < 4.78 is 0. The average molecular weight is 116 g/mol. The van der Waals surface area contributed by atoms with E-state index < -0.39 is 0 Å². The molecule has 0 unspecified atom stereocenters. The molecule has 0 fully saturated rings. The minimum atomic E-state index is 0.721. The third-order valence-electron chi connectivity index (χ3n) is 1.36. The maximum absolute atomic E-state index is 8.41. The first kappa shape index (κ1) is 4.39. The number of nitrogens with zero attached hydrogens (tertiary/aromatic N) is 1. The summed E-state index contributed by atoms with van der Waals surface area (Å²) >= 11 is 0. The zero-order valence-corrected chi connectivity index (χ0v) is 4.68. The van der Waals surface area contributed by atoms with Crippen LogP contribution in [0.15, 0.2) is 18.2 Å². The van der Waals surface area contributed by atoms with Crippen LogP contribution in [-0.2, 0) is 0 Å². The highest BCUT2D eigenvalue weighted by molar-refractivity contribution is 5.90. The predicted molar refractivity (Wildman–Crippen MR) is 34.4 cm³/mol. The van der Waals surface area contributed by atoms with Gasteiger partial charge in [0.05, 0.1) is 23.0 Å². The van der Waals surface area contributed by atoms with Gasteiger partial charge >= 0.3 is 0 Å². The largest absolute Gasteiger partial charge is 0.352 e. The molecular weight excluding hydrogens is 112 g/mol. The van der Waals surface area contributed by atoms with Crippen molar-refractivity contribution in [3.05, 3.63) is 23.8 Å². The first-order chi connectivity index (χ1) is 4.40. The van der Waals surface area contributed by atoms with Crippen LogP contribution in [-0.4, -0.2) is 0 Å². The van der Waals surface area contributed by atoms with Gasteiger partial charge in [-0.3, -0.25) is 0 Å². The number of fused-ring (bicyclic) bond motifs is 1. The SMILES string of the molecule is N#Cc1ccc2c(c1)N2. The lowest BCUT2D eigenvalue weighted by atomic mass is 10.2. The summed E-state index contributed by atoms with van der Waals surface area (Å²) in [5.41, 5.74) is 2.96. The molecule has 42 valence electrons. The monoisotopic (exact) mass is 116 g/mol. The fourth-order valence-electron chi connectivity index (χ4n) is 0.805. The van der Waals surface area contributed by atoms with Crippen molar-refractivity contribution in [3.8, 4) is 6.07 Å². The van der Waals surface area contributed by atoms with Gasteiger partial charge in [0.1, 0.15) is 0 Å². The van der Waals surface area contributed by atoms with Crippen molar-refractivity contribution in [3.63, 3.8) is 0 Å². The van der Waals surface area contributed by atoms with Crippen LogP contribution in [0, 0.1) is 11.3 Å². The quantitative estimate of drug-likeness (QED) is 0.531. The number of hydrogen-bond donors (Lipinski definition) is 1. The van der Waals surface area contributed by atoms with Gasteiger partial charge in [-0.25, -0.2) is 0 Å². The molecule has 0 bridgehead atoms. The van der Waals surface area contributed by atoms with E-state index in [4.69, 9.17) is 5.26 Å². The topological polar surface area (TPSA) is 45.7 Å².